The molecule has 0 unspecified atom stereocenters. The van der Waals surface area contributed by atoms with Gasteiger partial charge in [0.2, 0.25) is 0 Å². The molecule has 7 heteroatoms. The number of amides is 1. The van der Waals surface area contributed by atoms with Crippen molar-refractivity contribution in [3.8, 4) is 5.75 Å². The van der Waals surface area contributed by atoms with E-state index in [-0.39, 0.29) is 17.3 Å². The zero-order valence-corrected chi connectivity index (χ0v) is 18.2. The van der Waals surface area contributed by atoms with E-state index in [1.54, 1.807) is 43.5 Å². The number of rotatable bonds is 7. The van der Waals surface area contributed by atoms with Crippen LogP contribution in [-0.4, -0.2) is 21.4 Å². The number of nitrogens with one attached hydrogen (secondary N) is 2. The monoisotopic (exact) mass is 446 g/mol. The minimum absolute atomic E-state index is 0.151. The van der Waals surface area contributed by atoms with Crippen LogP contribution in [0.3, 0.4) is 0 Å². The van der Waals surface area contributed by atoms with E-state index in [0.717, 1.165) is 16.3 Å². The number of ether oxygens (including phenoxy) is 1. The van der Waals surface area contributed by atoms with Crippen LogP contribution in [0, 0.1) is 0 Å². The third kappa shape index (κ3) is 4.58. The van der Waals surface area contributed by atoms with Gasteiger partial charge in [0.05, 0.1) is 12.0 Å². The fourth-order valence-corrected chi connectivity index (χ4v) is 4.57. The molecule has 0 aromatic heterocycles. The SMILES string of the molecule is COc1ccc2ccccc2c1CNC(=O)c1cccc(NS(=O)(=O)c2ccccc2)c1. The van der Waals surface area contributed by atoms with Crippen molar-refractivity contribution in [1.29, 1.82) is 0 Å². The van der Waals surface area contributed by atoms with Crippen molar-refractivity contribution in [1.82, 2.24) is 5.32 Å². The van der Waals surface area contributed by atoms with Gasteiger partial charge < -0.3 is 10.1 Å². The fourth-order valence-electron chi connectivity index (χ4n) is 3.50. The van der Waals surface area contributed by atoms with Crippen molar-refractivity contribution in [2.45, 2.75) is 11.4 Å². The topological polar surface area (TPSA) is 84.5 Å². The summed E-state index contributed by atoms with van der Waals surface area (Å²) in [4.78, 5) is 13.0. The molecular formula is C25H22N2O4S. The van der Waals surface area contributed by atoms with E-state index in [4.69, 9.17) is 4.74 Å². The second-order valence-electron chi connectivity index (χ2n) is 7.15. The molecule has 4 aromatic carbocycles. The van der Waals surface area contributed by atoms with Crippen molar-refractivity contribution in [2.75, 3.05) is 11.8 Å². The van der Waals surface area contributed by atoms with Gasteiger partial charge in [0.15, 0.2) is 0 Å². The average molecular weight is 447 g/mol. The van der Waals surface area contributed by atoms with Gasteiger partial charge >= 0.3 is 0 Å². The Kier molecular flexibility index (Phi) is 6.09. The van der Waals surface area contributed by atoms with Gasteiger partial charge in [-0.1, -0.05) is 54.6 Å². The molecule has 162 valence electrons. The van der Waals surface area contributed by atoms with Crippen molar-refractivity contribution in [3.05, 3.63) is 102 Å². The van der Waals surface area contributed by atoms with Gasteiger partial charge in [-0.05, 0) is 47.2 Å². The summed E-state index contributed by atoms with van der Waals surface area (Å²) < 4.78 is 33.1. The molecule has 0 bridgehead atoms. The van der Waals surface area contributed by atoms with Crippen LogP contribution in [-0.2, 0) is 16.6 Å². The van der Waals surface area contributed by atoms with Gasteiger partial charge in [0.25, 0.3) is 15.9 Å². The number of methoxy groups -OCH3 is 1. The molecule has 0 fully saturated rings. The molecule has 4 rings (SSSR count). The number of hydrogen-bond acceptors (Lipinski definition) is 4. The van der Waals surface area contributed by atoms with Crippen molar-refractivity contribution >= 4 is 32.4 Å². The normalized spacial score (nSPS) is 11.2. The summed E-state index contributed by atoms with van der Waals surface area (Å²) in [6, 6.07) is 26.2. The maximum atomic E-state index is 12.8. The van der Waals surface area contributed by atoms with Crippen molar-refractivity contribution in [2.24, 2.45) is 0 Å². The molecular weight excluding hydrogens is 424 g/mol. The van der Waals surface area contributed by atoms with E-state index in [0.29, 0.717) is 17.0 Å². The molecule has 0 atom stereocenters. The van der Waals surface area contributed by atoms with E-state index in [1.165, 1.54) is 18.2 Å². The molecule has 0 saturated heterocycles. The van der Waals surface area contributed by atoms with Gasteiger partial charge in [0, 0.05) is 23.4 Å². The summed E-state index contributed by atoms with van der Waals surface area (Å²) in [5.41, 5.74) is 1.53. The van der Waals surface area contributed by atoms with Gasteiger partial charge in [0.1, 0.15) is 5.75 Å². The van der Waals surface area contributed by atoms with E-state index < -0.39 is 10.0 Å². The first-order valence-electron chi connectivity index (χ1n) is 9.99. The Hall–Kier alpha value is -3.84. The lowest BCUT2D eigenvalue weighted by Gasteiger charge is -2.14. The Morgan fingerprint density at radius 1 is 0.875 bits per heavy atom. The van der Waals surface area contributed by atoms with Crippen LogP contribution >= 0.6 is 0 Å². The quantitative estimate of drug-likeness (QED) is 0.435. The number of benzene rings is 4. The molecule has 0 aliphatic heterocycles. The van der Waals surface area contributed by atoms with Crippen LogP contribution in [0.25, 0.3) is 10.8 Å². The maximum absolute atomic E-state index is 12.8. The Morgan fingerprint density at radius 3 is 2.41 bits per heavy atom. The predicted molar refractivity (Wildman–Crippen MR) is 125 cm³/mol. The molecule has 0 saturated carbocycles. The third-order valence-corrected chi connectivity index (χ3v) is 6.47. The zero-order chi connectivity index (χ0) is 22.6. The first-order valence-corrected chi connectivity index (χ1v) is 11.5. The Bertz CT molecular complexity index is 1370. The highest BCUT2D eigenvalue weighted by atomic mass is 32.2. The molecule has 0 spiro atoms. The number of anilines is 1. The molecule has 32 heavy (non-hydrogen) atoms. The first kappa shape index (κ1) is 21.4. The van der Waals surface area contributed by atoms with E-state index in [1.807, 2.05) is 36.4 Å². The first-order chi connectivity index (χ1) is 15.5. The minimum Gasteiger partial charge on any atom is -0.496 e. The third-order valence-electron chi connectivity index (χ3n) is 5.07. The van der Waals surface area contributed by atoms with E-state index in [9.17, 15) is 13.2 Å². The predicted octanol–water partition coefficient (Wildman–Crippen LogP) is 4.58. The highest BCUT2D eigenvalue weighted by Gasteiger charge is 2.15. The van der Waals surface area contributed by atoms with Gasteiger partial charge in [-0.3, -0.25) is 9.52 Å². The van der Waals surface area contributed by atoms with Crippen LogP contribution in [0.15, 0.2) is 95.9 Å². The van der Waals surface area contributed by atoms with Gasteiger partial charge in [-0.25, -0.2) is 8.42 Å². The van der Waals surface area contributed by atoms with E-state index >= 15 is 0 Å². The molecule has 2 N–H and O–H groups in total. The van der Waals surface area contributed by atoms with Crippen LogP contribution in [0.4, 0.5) is 5.69 Å². The summed E-state index contributed by atoms with van der Waals surface area (Å²) >= 11 is 0. The maximum Gasteiger partial charge on any atom is 0.261 e. The second-order valence-corrected chi connectivity index (χ2v) is 8.83. The van der Waals surface area contributed by atoms with Crippen LogP contribution < -0.4 is 14.8 Å². The Morgan fingerprint density at radius 2 is 1.62 bits per heavy atom. The second kappa shape index (κ2) is 9.11. The summed E-state index contributed by atoms with van der Waals surface area (Å²) in [6.07, 6.45) is 0. The molecule has 6 nitrogen and oxygen atoms in total. The lowest BCUT2D eigenvalue weighted by Crippen LogP contribution is -2.23. The van der Waals surface area contributed by atoms with Crippen molar-refractivity contribution < 1.29 is 17.9 Å². The zero-order valence-electron chi connectivity index (χ0n) is 17.4. The van der Waals surface area contributed by atoms with Crippen LogP contribution in [0.1, 0.15) is 15.9 Å². The van der Waals surface area contributed by atoms with Crippen LogP contribution in [0.2, 0.25) is 0 Å². The molecule has 0 heterocycles. The highest BCUT2D eigenvalue weighted by Crippen LogP contribution is 2.28. The Labute approximate surface area is 186 Å². The molecule has 1 amide bonds. The number of hydrogen-bond donors (Lipinski definition) is 2. The minimum atomic E-state index is -3.74. The number of sulfonamides is 1. The number of fused-ring (bicyclic) bond motifs is 1. The summed E-state index contributed by atoms with van der Waals surface area (Å²) in [5.74, 6) is 0.370. The molecule has 0 aliphatic rings. The lowest BCUT2D eigenvalue weighted by atomic mass is 10.0. The fraction of sp³-hybridized carbons (Fsp3) is 0.0800. The largest absolute Gasteiger partial charge is 0.496 e. The number of carbonyl (C=O) groups is 1. The van der Waals surface area contributed by atoms with Crippen LogP contribution in [0.5, 0.6) is 5.75 Å². The molecule has 0 aliphatic carbocycles. The summed E-state index contributed by atoms with van der Waals surface area (Å²) in [5, 5.41) is 4.96. The summed E-state index contributed by atoms with van der Waals surface area (Å²) in [7, 11) is -2.15. The molecule has 0 radical (unpaired) electrons. The van der Waals surface area contributed by atoms with Gasteiger partial charge in [-0.2, -0.15) is 0 Å². The highest BCUT2D eigenvalue weighted by molar-refractivity contribution is 7.92. The number of carbonyl (C=O) groups excluding carboxylic acids is 1. The van der Waals surface area contributed by atoms with E-state index in [2.05, 4.69) is 10.0 Å². The lowest BCUT2D eigenvalue weighted by molar-refractivity contribution is 0.0951. The molecule has 4 aromatic rings. The average Bonchev–Trinajstić information content (AvgIpc) is 2.82. The van der Waals surface area contributed by atoms with Gasteiger partial charge in [-0.15, -0.1) is 0 Å². The smallest absolute Gasteiger partial charge is 0.261 e. The van der Waals surface area contributed by atoms with Crippen molar-refractivity contribution in [3.63, 3.8) is 0 Å². The summed E-state index contributed by atoms with van der Waals surface area (Å²) in [6.45, 7) is 0.267. The Balaban J connectivity index is 1.53. The standard InChI is InChI=1S/C25H22N2O4S/c1-31-24-15-14-18-8-5-6-13-22(18)23(24)17-26-25(28)19-9-7-10-20(16-19)27-32(29,30)21-11-3-2-4-12-21/h2-16,27H,17H2,1H3,(H,26,28).